The van der Waals surface area contributed by atoms with E-state index in [1.165, 1.54) is 6.20 Å². The molecular formula is C39H41ClN6O3. The van der Waals surface area contributed by atoms with Crippen LogP contribution in [0.2, 0.25) is 5.02 Å². The highest BCUT2D eigenvalue weighted by molar-refractivity contribution is 6.34. The number of nitrogens with zero attached hydrogens (tertiary/aromatic N) is 4. The van der Waals surface area contributed by atoms with Gasteiger partial charge < -0.3 is 25.0 Å². The molecule has 252 valence electrons. The van der Waals surface area contributed by atoms with E-state index in [0.29, 0.717) is 29.2 Å². The minimum Gasteiger partial charge on any atom is -0.489 e. The fraction of sp³-hybridized carbons (Fsp3) is 0.256. The first-order valence-corrected chi connectivity index (χ1v) is 16.9. The van der Waals surface area contributed by atoms with Crippen LogP contribution in [0.4, 0.5) is 23.0 Å². The van der Waals surface area contributed by atoms with Crippen molar-refractivity contribution in [2.24, 2.45) is 0 Å². The summed E-state index contributed by atoms with van der Waals surface area (Å²) in [6.07, 6.45) is 1.48. The first kappa shape index (κ1) is 33.8. The van der Waals surface area contributed by atoms with Crippen LogP contribution in [-0.4, -0.2) is 53.0 Å². The molecule has 1 aliphatic heterocycles. The summed E-state index contributed by atoms with van der Waals surface area (Å²) in [5.74, 6) is 1.17. The molecule has 1 aliphatic rings. The molecule has 1 amide bonds. The Hall–Kier alpha value is -5.12. The number of hydrogen-bond acceptors (Lipinski definition) is 8. The van der Waals surface area contributed by atoms with Crippen LogP contribution >= 0.6 is 11.6 Å². The van der Waals surface area contributed by atoms with E-state index in [-0.39, 0.29) is 23.3 Å². The first-order chi connectivity index (χ1) is 23.7. The van der Waals surface area contributed by atoms with Crippen molar-refractivity contribution in [1.82, 2.24) is 14.9 Å². The standard InChI is InChI=1S/C39H41ClN6O3/c1-26(2)45-20-22-46(23-21-45)36-33(40)14-9-15-34(36)42-39-41-24-32(37(47)43-35-27(3)10-8-11-28(35)4)38(44-39)49-31-18-16-30(17-19-31)48-25-29-12-6-5-7-13-29/h5-19,24,26H,20-23,25H2,1-4H3,(H,43,47)(H,41,42,44). The molecule has 0 unspecified atom stereocenters. The predicted octanol–water partition coefficient (Wildman–Crippen LogP) is 8.64. The summed E-state index contributed by atoms with van der Waals surface area (Å²) < 4.78 is 12.2. The number of rotatable bonds is 11. The number of piperazine rings is 1. The van der Waals surface area contributed by atoms with Crippen LogP contribution < -0.4 is 25.0 Å². The zero-order valence-corrected chi connectivity index (χ0v) is 29.0. The van der Waals surface area contributed by atoms with Gasteiger partial charge in [0.2, 0.25) is 11.8 Å². The normalized spacial score (nSPS) is 13.3. The van der Waals surface area contributed by atoms with Crippen LogP contribution in [0.1, 0.15) is 40.9 Å². The maximum absolute atomic E-state index is 13.7. The molecule has 0 atom stereocenters. The minimum absolute atomic E-state index is 0.105. The van der Waals surface area contributed by atoms with Gasteiger partial charge in [-0.2, -0.15) is 4.98 Å². The van der Waals surface area contributed by atoms with Crippen LogP contribution in [0.15, 0.2) is 97.2 Å². The average molecular weight is 677 g/mol. The lowest BCUT2D eigenvalue weighted by atomic mass is 10.1. The molecule has 6 rings (SSSR count). The van der Waals surface area contributed by atoms with Crippen molar-refractivity contribution >= 4 is 40.5 Å². The zero-order chi connectivity index (χ0) is 34.3. The van der Waals surface area contributed by atoms with Crippen LogP contribution in [0.25, 0.3) is 0 Å². The summed E-state index contributed by atoms with van der Waals surface area (Å²) in [7, 11) is 0. The Balaban J connectivity index is 1.27. The highest BCUT2D eigenvalue weighted by Gasteiger charge is 2.24. The molecule has 5 aromatic rings. The van der Waals surface area contributed by atoms with Gasteiger partial charge in [0.1, 0.15) is 23.7 Å². The van der Waals surface area contributed by atoms with E-state index in [2.05, 4.69) is 39.3 Å². The summed E-state index contributed by atoms with van der Waals surface area (Å²) in [6.45, 7) is 12.4. The van der Waals surface area contributed by atoms with Gasteiger partial charge in [-0.05, 0) is 80.8 Å². The third kappa shape index (κ3) is 8.31. The van der Waals surface area contributed by atoms with Crippen LogP contribution in [0, 0.1) is 13.8 Å². The van der Waals surface area contributed by atoms with E-state index in [1.54, 1.807) is 12.1 Å². The SMILES string of the molecule is Cc1cccc(C)c1NC(=O)c1cnc(Nc2cccc(Cl)c2N2CCN(C(C)C)CC2)nc1Oc1ccc(OCc2ccccc2)cc1. The number of benzene rings is 4. The molecule has 1 fully saturated rings. The monoisotopic (exact) mass is 676 g/mol. The lowest BCUT2D eigenvalue weighted by Gasteiger charge is -2.39. The summed E-state index contributed by atoms with van der Waals surface area (Å²) in [4.78, 5) is 27.7. The molecule has 0 radical (unpaired) electrons. The number of ether oxygens (including phenoxy) is 2. The second-order valence-corrected chi connectivity index (χ2v) is 12.8. The number of halogens is 1. The van der Waals surface area contributed by atoms with E-state index in [9.17, 15) is 4.79 Å². The summed E-state index contributed by atoms with van der Waals surface area (Å²) in [5, 5.41) is 7.03. The van der Waals surface area contributed by atoms with Gasteiger partial charge in [-0.3, -0.25) is 9.69 Å². The van der Waals surface area contributed by atoms with Gasteiger partial charge in [0.05, 0.1) is 16.4 Å². The molecule has 4 aromatic carbocycles. The quantitative estimate of drug-likeness (QED) is 0.144. The van der Waals surface area contributed by atoms with Gasteiger partial charge in [0.25, 0.3) is 5.91 Å². The molecule has 2 heterocycles. The molecule has 10 heteroatoms. The van der Waals surface area contributed by atoms with Crippen LogP contribution in [-0.2, 0) is 6.61 Å². The summed E-state index contributed by atoms with van der Waals surface area (Å²) >= 11 is 6.78. The lowest BCUT2D eigenvalue weighted by molar-refractivity contribution is 0.102. The fourth-order valence-electron chi connectivity index (χ4n) is 5.83. The van der Waals surface area contributed by atoms with Crippen molar-refractivity contribution in [2.75, 3.05) is 41.7 Å². The van der Waals surface area contributed by atoms with Crippen molar-refractivity contribution in [3.63, 3.8) is 0 Å². The maximum Gasteiger partial charge on any atom is 0.262 e. The van der Waals surface area contributed by atoms with Crippen molar-refractivity contribution in [3.8, 4) is 17.4 Å². The summed E-state index contributed by atoms with van der Waals surface area (Å²) in [5.41, 5.74) is 5.55. The Labute approximate surface area is 292 Å². The number of carbonyl (C=O) groups is 1. The Bertz CT molecular complexity index is 1870. The van der Waals surface area contributed by atoms with Gasteiger partial charge in [-0.25, -0.2) is 4.98 Å². The Morgan fingerprint density at radius 3 is 2.22 bits per heavy atom. The van der Waals surface area contributed by atoms with Crippen LogP contribution in [0.3, 0.4) is 0 Å². The van der Waals surface area contributed by atoms with Crippen molar-refractivity contribution in [1.29, 1.82) is 0 Å². The molecular weight excluding hydrogens is 636 g/mol. The average Bonchev–Trinajstić information content (AvgIpc) is 3.10. The van der Waals surface area contributed by atoms with E-state index in [0.717, 1.165) is 59.9 Å². The lowest BCUT2D eigenvalue weighted by Crippen LogP contribution is -2.49. The van der Waals surface area contributed by atoms with E-state index >= 15 is 0 Å². The summed E-state index contributed by atoms with van der Waals surface area (Å²) in [6, 6.07) is 29.3. The third-order valence-corrected chi connectivity index (χ3v) is 8.90. The second kappa shape index (κ2) is 15.4. The van der Waals surface area contributed by atoms with Gasteiger partial charge in [-0.15, -0.1) is 0 Å². The van der Waals surface area contributed by atoms with Gasteiger partial charge >= 0.3 is 0 Å². The molecule has 1 aromatic heterocycles. The molecule has 0 saturated carbocycles. The minimum atomic E-state index is -0.381. The molecule has 2 N–H and O–H groups in total. The molecule has 9 nitrogen and oxygen atoms in total. The number of nitrogens with one attached hydrogen (secondary N) is 2. The van der Waals surface area contributed by atoms with Crippen LogP contribution in [0.5, 0.6) is 17.4 Å². The molecule has 49 heavy (non-hydrogen) atoms. The number of amides is 1. The van der Waals surface area contributed by atoms with Gasteiger partial charge in [-0.1, -0.05) is 66.2 Å². The van der Waals surface area contributed by atoms with Crippen molar-refractivity contribution in [2.45, 2.75) is 40.3 Å². The largest absolute Gasteiger partial charge is 0.489 e. The molecule has 0 bridgehead atoms. The van der Waals surface area contributed by atoms with Gasteiger partial charge in [0.15, 0.2) is 0 Å². The number of para-hydroxylation sites is 2. The van der Waals surface area contributed by atoms with E-state index in [1.807, 2.05) is 92.7 Å². The van der Waals surface area contributed by atoms with E-state index in [4.69, 9.17) is 26.1 Å². The van der Waals surface area contributed by atoms with Crippen molar-refractivity contribution < 1.29 is 14.3 Å². The zero-order valence-electron chi connectivity index (χ0n) is 28.2. The number of anilines is 4. The molecule has 0 aliphatic carbocycles. The first-order valence-electron chi connectivity index (χ1n) is 16.5. The Morgan fingerprint density at radius 1 is 0.857 bits per heavy atom. The third-order valence-electron chi connectivity index (χ3n) is 8.60. The smallest absolute Gasteiger partial charge is 0.262 e. The topological polar surface area (TPSA) is 91.9 Å². The molecule has 0 spiro atoms. The second-order valence-electron chi connectivity index (χ2n) is 12.4. The highest BCUT2D eigenvalue weighted by Crippen LogP contribution is 2.37. The number of hydrogen-bond donors (Lipinski definition) is 2. The highest BCUT2D eigenvalue weighted by atomic mass is 35.5. The van der Waals surface area contributed by atoms with Gasteiger partial charge in [0, 0.05) is 44.1 Å². The number of aromatic nitrogens is 2. The number of carbonyl (C=O) groups excluding carboxylic acids is 1. The van der Waals surface area contributed by atoms with Crippen molar-refractivity contribution in [3.05, 3.63) is 124 Å². The van der Waals surface area contributed by atoms with E-state index < -0.39 is 0 Å². The Morgan fingerprint density at radius 2 is 1.53 bits per heavy atom. The predicted molar refractivity (Wildman–Crippen MR) is 197 cm³/mol. The number of aryl methyl sites for hydroxylation is 2. The Kier molecular flexibility index (Phi) is 10.6. The molecule has 1 saturated heterocycles. The fourth-order valence-corrected chi connectivity index (χ4v) is 6.12. The maximum atomic E-state index is 13.7.